The van der Waals surface area contributed by atoms with Gasteiger partial charge in [-0.05, 0) is 43.9 Å². The molecule has 2 heteroatoms. The van der Waals surface area contributed by atoms with Crippen LogP contribution in [0, 0.1) is 6.92 Å². The molecule has 0 radical (unpaired) electrons. The summed E-state index contributed by atoms with van der Waals surface area (Å²) in [5.41, 5.74) is 11.9. The molecule has 2 aromatic rings. The van der Waals surface area contributed by atoms with Crippen LogP contribution >= 0.6 is 0 Å². The molecule has 0 fully saturated rings. The minimum Gasteiger partial charge on any atom is -0.398 e. The summed E-state index contributed by atoms with van der Waals surface area (Å²) >= 11 is 0. The van der Waals surface area contributed by atoms with E-state index in [1.54, 1.807) is 0 Å². The molecule has 2 nitrogen and oxygen atoms in total. The molecule has 1 aliphatic carbocycles. The Hall–Kier alpha value is -1.57. The van der Waals surface area contributed by atoms with Gasteiger partial charge in [-0.15, -0.1) is 0 Å². The second-order valence-electron chi connectivity index (χ2n) is 4.32. The van der Waals surface area contributed by atoms with Crippen LogP contribution in [0.15, 0.2) is 18.2 Å². The van der Waals surface area contributed by atoms with Gasteiger partial charge < -0.3 is 5.73 Å². The number of anilines is 1. The molecule has 3 rings (SSSR count). The number of nitrogen functional groups attached to an aromatic ring is 1. The molecule has 2 N–H and O–H groups in total. The highest BCUT2D eigenvalue weighted by Gasteiger charge is 2.17. The largest absolute Gasteiger partial charge is 0.398 e. The number of rotatable bonds is 0. The van der Waals surface area contributed by atoms with Crippen LogP contribution in [0.1, 0.15) is 23.2 Å². The number of nitrogens with zero attached hydrogens (tertiary/aromatic N) is 1. The number of hydrogen-bond acceptors (Lipinski definition) is 2. The fraction of sp³-hybridized carbons (Fsp3) is 0.308. The molecule has 1 aromatic carbocycles. The lowest BCUT2D eigenvalue weighted by Crippen LogP contribution is -1.98. The van der Waals surface area contributed by atoms with Crippen molar-refractivity contribution in [1.82, 2.24) is 4.98 Å². The Bertz CT molecular complexity index is 544. The van der Waals surface area contributed by atoms with Crippen molar-refractivity contribution in [2.75, 3.05) is 5.73 Å². The van der Waals surface area contributed by atoms with Gasteiger partial charge in [0.25, 0.3) is 0 Å². The quantitative estimate of drug-likeness (QED) is 0.706. The van der Waals surface area contributed by atoms with Gasteiger partial charge in [-0.25, -0.2) is 0 Å². The minimum absolute atomic E-state index is 0.955. The molecule has 0 unspecified atom stereocenters. The van der Waals surface area contributed by atoms with E-state index in [9.17, 15) is 0 Å². The maximum absolute atomic E-state index is 6.20. The van der Waals surface area contributed by atoms with Crippen molar-refractivity contribution in [2.24, 2.45) is 0 Å². The molecule has 1 heterocycles. The van der Waals surface area contributed by atoms with Gasteiger partial charge in [-0.1, -0.05) is 11.6 Å². The van der Waals surface area contributed by atoms with Gasteiger partial charge in [-0.2, -0.15) is 0 Å². The number of hydrogen-bond donors (Lipinski definition) is 1. The Kier molecular flexibility index (Phi) is 1.72. The van der Waals surface area contributed by atoms with Crippen LogP contribution in [-0.4, -0.2) is 4.98 Å². The van der Waals surface area contributed by atoms with Crippen LogP contribution in [0.25, 0.3) is 10.9 Å². The summed E-state index contributed by atoms with van der Waals surface area (Å²) < 4.78 is 0. The Morgan fingerprint density at radius 3 is 3.00 bits per heavy atom. The first-order chi connectivity index (χ1) is 7.25. The number of aryl methyl sites for hydroxylation is 2. The van der Waals surface area contributed by atoms with Gasteiger partial charge in [0.15, 0.2) is 0 Å². The van der Waals surface area contributed by atoms with Gasteiger partial charge in [-0.3, -0.25) is 4.98 Å². The van der Waals surface area contributed by atoms with Gasteiger partial charge in [0.05, 0.1) is 5.52 Å². The average molecular weight is 198 g/mol. The summed E-state index contributed by atoms with van der Waals surface area (Å²) in [4.78, 5) is 4.68. The van der Waals surface area contributed by atoms with E-state index in [1.165, 1.54) is 23.2 Å². The lowest BCUT2D eigenvalue weighted by Gasteiger charge is -2.08. The first kappa shape index (κ1) is 8.72. The summed E-state index contributed by atoms with van der Waals surface area (Å²) in [6, 6.07) is 6.30. The molecule has 1 aromatic heterocycles. The summed E-state index contributed by atoms with van der Waals surface area (Å²) in [6.45, 7) is 2.09. The first-order valence-electron chi connectivity index (χ1n) is 5.43. The third kappa shape index (κ3) is 1.21. The normalized spacial score (nSPS) is 14.5. The van der Waals surface area contributed by atoms with Crippen LogP contribution in [0.3, 0.4) is 0 Å². The number of aromatic nitrogens is 1. The SMILES string of the molecule is Cc1ccc2nc3c(c(N)c2c1)CCC3. The van der Waals surface area contributed by atoms with Crippen molar-refractivity contribution < 1.29 is 0 Å². The smallest absolute Gasteiger partial charge is 0.0726 e. The van der Waals surface area contributed by atoms with Crippen molar-refractivity contribution >= 4 is 16.6 Å². The van der Waals surface area contributed by atoms with E-state index in [4.69, 9.17) is 5.73 Å². The number of pyridine rings is 1. The molecule has 0 amide bonds. The van der Waals surface area contributed by atoms with Gasteiger partial charge in [0.2, 0.25) is 0 Å². The Morgan fingerprint density at radius 2 is 2.13 bits per heavy atom. The second-order valence-corrected chi connectivity index (χ2v) is 4.32. The van der Waals surface area contributed by atoms with Crippen molar-refractivity contribution in [1.29, 1.82) is 0 Å². The minimum atomic E-state index is 0.955. The topological polar surface area (TPSA) is 38.9 Å². The predicted molar refractivity (Wildman–Crippen MR) is 62.9 cm³/mol. The van der Waals surface area contributed by atoms with E-state index in [1.807, 2.05) is 0 Å². The first-order valence-corrected chi connectivity index (χ1v) is 5.43. The molecule has 0 atom stereocenters. The van der Waals surface area contributed by atoms with E-state index in [2.05, 4.69) is 30.1 Å². The summed E-state index contributed by atoms with van der Waals surface area (Å²) in [5, 5.41) is 1.12. The van der Waals surface area contributed by atoms with Crippen LogP contribution in [0.2, 0.25) is 0 Å². The maximum Gasteiger partial charge on any atom is 0.0726 e. The van der Waals surface area contributed by atoms with Crippen molar-refractivity contribution in [3.8, 4) is 0 Å². The zero-order valence-electron chi connectivity index (χ0n) is 8.88. The van der Waals surface area contributed by atoms with E-state index < -0.39 is 0 Å². The van der Waals surface area contributed by atoms with Crippen molar-refractivity contribution in [3.63, 3.8) is 0 Å². The Labute approximate surface area is 89.1 Å². The zero-order chi connectivity index (χ0) is 10.4. The molecule has 0 spiro atoms. The van der Waals surface area contributed by atoms with Crippen LogP contribution in [-0.2, 0) is 12.8 Å². The number of benzene rings is 1. The lowest BCUT2D eigenvalue weighted by atomic mass is 10.1. The molecule has 1 aliphatic rings. The van der Waals surface area contributed by atoms with Gasteiger partial charge in [0, 0.05) is 16.8 Å². The van der Waals surface area contributed by atoms with E-state index in [0.717, 1.165) is 29.4 Å². The van der Waals surface area contributed by atoms with Crippen molar-refractivity contribution in [2.45, 2.75) is 26.2 Å². The van der Waals surface area contributed by atoms with Crippen molar-refractivity contribution in [3.05, 3.63) is 35.0 Å². The van der Waals surface area contributed by atoms with E-state index in [-0.39, 0.29) is 0 Å². The second kappa shape index (κ2) is 2.96. The fourth-order valence-corrected chi connectivity index (χ4v) is 2.41. The summed E-state index contributed by atoms with van der Waals surface area (Å²) in [6.07, 6.45) is 3.38. The van der Waals surface area contributed by atoms with E-state index in [0.29, 0.717) is 0 Å². The van der Waals surface area contributed by atoms with Gasteiger partial charge in [0.1, 0.15) is 0 Å². The number of nitrogens with two attached hydrogens (primary N) is 1. The highest BCUT2D eigenvalue weighted by atomic mass is 14.7. The molecular weight excluding hydrogens is 184 g/mol. The molecule has 15 heavy (non-hydrogen) atoms. The molecule has 0 saturated heterocycles. The summed E-state index contributed by atoms with van der Waals surface area (Å²) in [5.74, 6) is 0. The van der Waals surface area contributed by atoms with Crippen LogP contribution in [0.4, 0.5) is 5.69 Å². The lowest BCUT2D eigenvalue weighted by molar-refractivity contribution is 0.901. The average Bonchev–Trinajstić information content (AvgIpc) is 2.68. The highest BCUT2D eigenvalue weighted by molar-refractivity contribution is 5.92. The zero-order valence-corrected chi connectivity index (χ0v) is 8.88. The molecule has 0 bridgehead atoms. The molecular formula is C13H14N2. The third-order valence-electron chi connectivity index (χ3n) is 3.21. The predicted octanol–water partition coefficient (Wildman–Crippen LogP) is 2.61. The monoisotopic (exact) mass is 198 g/mol. The van der Waals surface area contributed by atoms with Crippen LogP contribution < -0.4 is 5.73 Å². The third-order valence-corrected chi connectivity index (χ3v) is 3.21. The van der Waals surface area contributed by atoms with Crippen LogP contribution in [0.5, 0.6) is 0 Å². The fourth-order valence-electron chi connectivity index (χ4n) is 2.41. The maximum atomic E-state index is 6.20. The number of fused-ring (bicyclic) bond motifs is 2. The Morgan fingerprint density at radius 1 is 1.27 bits per heavy atom. The van der Waals surface area contributed by atoms with Gasteiger partial charge >= 0.3 is 0 Å². The summed E-state index contributed by atoms with van der Waals surface area (Å²) in [7, 11) is 0. The molecule has 0 saturated carbocycles. The molecule has 76 valence electrons. The molecule has 0 aliphatic heterocycles. The Balaban J connectivity index is 2.41. The standard InChI is InChI=1S/C13H14N2/c1-8-5-6-12-10(7-8)13(14)9-3-2-4-11(9)15-12/h5-7H,2-4H2,1H3,(H2,14,15). The van der Waals surface area contributed by atoms with E-state index >= 15 is 0 Å². The highest BCUT2D eigenvalue weighted by Crippen LogP contribution is 2.31.